The number of aromatic nitrogens is 2. The molecule has 1 N–H and O–H groups in total. The van der Waals surface area contributed by atoms with Gasteiger partial charge in [-0.25, -0.2) is 4.63 Å². The zero-order valence-electron chi connectivity index (χ0n) is 14.9. The van der Waals surface area contributed by atoms with Gasteiger partial charge in [0.05, 0.1) is 16.9 Å². The molecule has 0 radical (unpaired) electrons. The highest BCUT2D eigenvalue weighted by Gasteiger charge is 2.31. The van der Waals surface area contributed by atoms with E-state index in [9.17, 15) is 9.59 Å². The molecule has 3 heterocycles. The van der Waals surface area contributed by atoms with Crippen LogP contribution in [0.25, 0.3) is 17.1 Å². The van der Waals surface area contributed by atoms with Crippen molar-refractivity contribution in [3.63, 3.8) is 0 Å². The van der Waals surface area contributed by atoms with Gasteiger partial charge in [-0.1, -0.05) is 36.1 Å². The number of anilines is 1. The van der Waals surface area contributed by atoms with Crippen molar-refractivity contribution >= 4 is 62.9 Å². The van der Waals surface area contributed by atoms with Gasteiger partial charge in [-0.05, 0) is 46.7 Å². The Morgan fingerprint density at radius 3 is 3.00 bits per heavy atom. The number of nitrogens with one attached hydrogen (secondary N) is 1. The van der Waals surface area contributed by atoms with Crippen LogP contribution in [-0.4, -0.2) is 37.9 Å². The number of amides is 2. The van der Waals surface area contributed by atoms with Gasteiger partial charge in [0.15, 0.2) is 5.52 Å². The summed E-state index contributed by atoms with van der Waals surface area (Å²) in [5.41, 5.74) is 1.52. The Morgan fingerprint density at radius 1 is 1.28 bits per heavy atom. The SMILES string of the molecule is O=C(CCN1C(=O)/C(=C\C=C\c2ccco2)SC1=S)Nc1cccc2nonc12. The molecule has 3 aromatic rings. The summed E-state index contributed by atoms with van der Waals surface area (Å²) in [7, 11) is 0. The largest absolute Gasteiger partial charge is 0.465 e. The lowest BCUT2D eigenvalue weighted by molar-refractivity contribution is -0.122. The number of nitrogens with zero attached hydrogens (tertiary/aromatic N) is 3. The highest BCUT2D eigenvalue weighted by molar-refractivity contribution is 8.26. The second-order valence-corrected chi connectivity index (χ2v) is 7.64. The average Bonchev–Trinajstić information content (AvgIpc) is 3.43. The second-order valence-electron chi connectivity index (χ2n) is 5.97. The quantitative estimate of drug-likeness (QED) is 0.471. The predicted molar refractivity (Wildman–Crippen MR) is 113 cm³/mol. The maximum Gasteiger partial charge on any atom is 0.266 e. The van der Waals surface area contributed by atoms with Crippen molar-refractivity contribution in [3.05, 3.63) is 59.4 Å². The average molecular weight is 426 g/mol. The Balaban J connectivity index is 1.35. The first kappa shape index (κ1) is 19.1. The fourth-order valence-corrected chi connectivity index (χ4v) is 3.92. The third-order valence-electron chi connectivity index (χ3n) is 4.05. The molecule has 0 atom stereocenters. The molecule has 10 heteroatoms. The number of carbonyl (C=O) groups excluding carboxylic acids is 2. The number of benzene rings is 1. The van der Waals surface area contributed by atoms with Gasteiger partial charge in [-0.2, -0.15) is 0 Å². The first-order valence-corrected chi connectivity index (χ1v) is 9.81. The summed E-state index contributed by atoms with van der Waals surface area (Å²) in [6.07, 6.45) is 6.82. The maximum atomic E-state index is 12.5. The molecule has 1 aliphatic rings. The van der Waals surface area contributed by atoms with Crippen LogP contribution in [0, 0.1) is 0 Å². The van der Waals surface area contributed by atoms with Crippen LogP contribution < -0.4 is 5.32 Å². The second kappa shape index (κ2) is 8.41. The normalized spacial score (nSPS) is 15.9. The van der Waals surface area contributed by atoms with Gasteiger partial charge >= 0.3 is 0 Å². The minimum absolute atomic E-state index is 0.0869. The monoisotopic (exact) mass is 426 g/mol. The molecular weight excluding hydrogens is 412 g/mol. The van der Waals surface area contributed by atoms with Crippen LogP contribution in [0.3, 0.4) is 0 Å². The Morgan fingerprint density at radius 2 is 2.17 bits per heavy atom. The summed E-state index contributed by atoms with van der Waals surface area (Å²) in [6.45, 7) is 0.183. The molecule has 0 spiro atoms. The van der Waals surface area contributed by atoms with Gasteiger partial charge in [0, 0.05) is 13.0 Å². The van der Waals surface area contributed by atoms with E-state index in [4.69, 9.17) is 16.6 Å². The summed E-state index contributed by atoms with van der Waals surface area (Å²) >= 11 is 6.48. The number of furan rings is 1. The number of thiocarbonyl (C=S) groups is 1. The molecule has 0 bridgehead atoms. The summed E-state index contributed by atoms with van der Waals surface area (Å²) in [5, 5.41) is 10.3. The van der Waals surface area contributed by atoms with E-state index < -0.39 is 0 Å². The topological polar surface area (TPSA) is 101 Å². The van der Waals surface area contributed by atoms with Crippen LogP contribution in [0.15, 0.2) is 62.7 Å². The van der Waals surface area contributed by atoms with Crippen LogP contribution in [0.2, 0.25) is 0 Å². The Hall–Kier alpha value is -3.24. The van der Waals surface area contributed by atoms with Crippen molar-refractivity contribution in [2.75, 3.05) is 11.9 Å². The number of hydrogen-bond donors (Lipinski definition) is 1. The molecule has 1 saturated heterocycles. The van der Waals surface area contributed by atoms with Crippen molar-refractivity contribution in [2.45, 2.75) is 6.42 Å². The van der Waals surface area contributed by atoms with Crippen LogP contribution in [0.1, 0.15) is 12.2 Å². The van der Waals surface area contributed by atoms with Crippen LogP contribution in [0.4, 0.5) is 5.69 Å². The molecule has 0 aliphatic carbocycles. The number of rotatable bonds is 6. The minimum atomic E-state index is -0.267. The molecule has 8 nitrogen and oxygen atoms in total. The van der Waals surface area contributed by atoms with Crippen molar-refractivity contribution in [1.29, 1.82) is 0 Å². The first-order chi connectivity index (χ1) is 14.1. The molecule has 1 aromatic carbocycles. The summed E-state index contributed by atoms with van der Waals surface area (Å²) in [5.74, 6) is 0.196. The Bertz CT molecular complexity index is 1130. The van der Waals surface area contributed by atoms with E-state index in [1.807, 2.05) is 6.07 Å². The number of carbonyl (C=O) groups is 2. The summed E-state index contributed by atoms with van der Waals surface area (Å²) < 4.78 is 10.3. The van der Waals surface area contributed by atoms with Gasteiger partial charge in [0.1, 0.15) is 15.6 Å². The van der Waals surface area contributed by atoms with Crippen molar-refractivity contribution < 1.29 is 18.6 Å². The molecule has 0 saturated carbocycles. The predicted octanol–water partition coefficient (Wildman–Crippen LogP) is 3.60. The number of hydrogen-bond acceptors (Lipinski definition) is 8. The molecule has 146 valence electrons. The van der Waals surface area contributed by atoms with E-state index in [1.54, 1.807) is 48.8 Å². The van der Waals surface area contributed by atoms with Crippen LogP contribution in [0.5, 0.6) is 0 Å². The highest BCUT2D eigenvalue weighted by atomic mass is 32.2. The van der Waals surface area contributed by atoms with Crippen molar-refractivity contribution in [3.8, 4) is 0 Å². The number of allylic oxidation sites excluding steroid dienone is 2. The van der Waals surface area contributed by atoms with Crippen LogP contribution >= 0.6 is 24.0 Å². The Labute approximate surface area is 174 Å². The van der Waals surface area contributed by atoms with Crippen molar-refractivity contribution in [1.82, 2.24) is 15.2 Å². The van der Waals surface area contributed by atoms with E-state index in [0.29, 0.717) is 31.7 Å². The Kier molecular flexibility index (Phi) is 5.54. The summed E-state index contributed by atoms with van der Waals surface area (Å²) in [6, 6.07) is 8.77. The molecular formula is C19H14N4O4S2. The number of thioether (sulfide) groups is 1. The molecule has 4 rings (SSSR count). The highest BCUT2D eigenvalue weighted by Crippen LogP contribution is 2.31. The zero-order valence-corrected chi connectivity index (χ0v) is 16.5. The fourth-order valence-electron chi connectivity index (χ4n) is 2.66. The number of fused-ring (bicyclic) bond motifs is 1. The van der Waals surface area contributed by atoms with E-state index in [2.05, 4.69) is 20.3 Å². The lowest BCUT2D eigenvalue weighted by Gasteiger charge is -2.14. The zero-order chi connectivity index (χ0) is 20.2. The van der Waals surface area contributed by atoms with Gasteiger partial charge in [0.25, 0.3) is 5.91 Å². The third kappa shape index (κ3) is 4.28. The standard InChI is InChI=1S/C19H14N4O4S2/c24-16(20-13-6-2-7-14-17(13)22-27-21-14)9-10-23-18(25)15(29-19(23)28)8-1-4-12-5-3-11-26-12/h1-8,11H,9-10H2,(H,20,24)/b4-1+,15-8+. The lowest BCUT2D eigenvalue weighted by atomic mass is 10.2. The molecule has 29 heavy (non-hydrogen) atoms. The fraction of sp³-hybridized carbons (Fsp3) is 0.105. The van der Waals surface area contributed by atoms with Crippen molar-refractivity contribution in [2.24, 2.45) is 0 Å². The molecule has 2 amide bonds. The molecule has 1 aliphatic heterocycles. The first-order valence-electron chi connectivity index (χ1n) is 8.58. The van der Waals surface area contributed by atoms with E-state index in [-0.39, 0.29) is 24.8 Å². The van der Waals surface area contributed by atoms with Gasteiger partial charge in [-0.3, -0.25) is 14.5 Å². The maximum absolute atomic E-state index is 12.5. The molecule has 1 fully saturated rings. The molecule has 2 aromatic heterocycles. The van der Waals surface area contributed by atoms with E-state index in [0.717, 1.165) is 0 Å². The molecule has 0 unspecified atom stereocenters. The van der Waals surface area contributed by atoms with E-state index >= 15 is 0 Å². The van der Waals surface area contributed by atoms with Gasteiger partial charge < -0.3 is 9.73 Å². The van der Waals surface area contributed by atoms with Gasteiger partial charge in [-0.15, -0.1) is 0 Å². The van der Waals surface area contributed by atoms with Crippen LogP contribution in [-0.2, 0) is 9.59 Å². The van der Waals surface area contributed by atoms with E-state index in [1.165, 1.54) is 16.7 Å². The lowest BCUT2D eigenvalue weighted by Crippen LogP contribution is -2.31. The smallest absolute Gasteiger partial charge is 0.266 e. The minimum Gasteiger partial charge on any atom is -0.465 e. The summed E-state index contributed by atoms with van der Waals surface area (Å²) in [4.78, 5) is 26.8. The van der Waals surface area contributed by atoms with Gasteiger partial charge in [0.2, 0.25) is 5.91 Å². The third-order valence-corrected chi connectivity index (χ3v) is 5.44.